The zero-order chi connectivity index (χ0) is 34.3. The number of amides is 1. The molecule has 0 bridgehead atoms. The molecule has 1 saturated heterocycles. The zero-order valence-corrected chi connectivity index (χ0v) is 29.6. The lowest BCUT2D eigenvalue weighted by molar-refractivity contribution is -0.384. The number of benzene rings is 3. The molecule has 0 spiro atoms. The van der Waals surface area contributed by atoms with Crippen LogP contribution in [0.1, 0.15) is 40.2 Å². The van der Waals surface area contributed by atoms with Crippen molar-refractivity contribution < 1.29 is 32.8 Å². The van der Waals surface area contributed by atoms with E-state index in [0.717, 1.165) is 0 Å². The Labute approximate surface area is 276 Å². The van der Waals surface area contributed by atoms with Crippen molar-refractivity contribution in [1.29, 1.82) is 0 Å². The molecule has 0 unspecified atom stereocenters. The predicted molar refractivity (Wildman–Crippen MR) is 182 cm³/mol. The molecule has 2 aliphatic rings. The minimum absolute atomic E-state index is 0.0770. The standard InChI is InChI=1S/C35H41N2O8PSi/c1-23-30-29(24(2)45-47(6,7)35(3,4)5)33(38)36(30)31(34(39)43-22-25-18-20-26(21-19-25)37(40)41)32(23)44-46(42,27-14-10-8-11-15-27)28-16-12-9-13-17-28/h8-21,23-24,29-30H,22H2,1-7H3/t23-,24-,29-,30-/m1/s1. The highest BCUT2D eigenvalue weighted by atomic mass is 31.2. The third-order valence-electron chi connectivity index (χ3n) is 9.51. The summed E-state index contributed by atoms with van der Waals surface area (Å²) in [7, 11) is -6.06. The van der Waals surface area contributed by atoms with E-state index in [1.807, 2.05) is 26.0 Å². The van der Waals surface area contributed by atoms with E-state index < -0.39 is 50.6 Å². The number of hydrogen-bond donors (Lipinski definition) is 0. The maximum atomic E-state index is 15.0. The van der Waals surface area contributed by atoms with E-state index in [2.05, 4.69) is 33.9 Å². The summed E-state index contributed by atoms with van der Waals surface area (Å²) in [6.45, 7) is 14.2. The van der Waals surface area contributed by atoms with Crippen LogP contribution in [0, 0.1) is 22.0 Å². The van der Waals surface area contributed by atoms with Gasteiger partial charge in [0.1, 0.15) is 12.4 Å². The van der Waals surface area contributed by atoms with Crippen LogP contribution >= 0.6 is 7.37 Å². The summed E-state index contributed by atoms with van der Waals surface area (Å²) in [5.41, 5.74) is 0.352. The normalized spacial score (nSPS) is 20.4. The van der Waals surface area contributed by atoms with Gasteiger partial charge in [0.25, 0.3) is 5.69 Å². The molecule has 0 radical (unpaired) electrons. The number of carbonyl (C=O) groups excluding carboxylic acids is 2. The second kappa shape index (κ2) is 12.9. The average molecular weight is 677 g/mol. The molecule has 10 nitrogen and oxygen atoms in total. The molecule has 4 atom stereocenters. The van der Waals surface area contributed by atoms with Crippen molar-refractivity contribution in [2.45, 2.75) is 71.5 Å². The van der Waals surface area contributed by atoms with Gasteiger partial charge in [-0.1, -0.05) is 64.1 Å². The van der Waals surface area contributed by atoms with Gasteiger partial charge in [-0.3, -0.25) is 24.4 Å². The summed E-state index contributed by atoms with van der Waals surface area (Å²) >= 11 is 0. The van der Waals surface area contributed by atoms with Crippen molar-refractivity contribution in [3.8, 4) is 0 Å². The number of nitro groups is 1. The molecular formula is C35H41N2O8PSi. The average Bonchev–Trinajstić information content (AvgIpc) is 3.27. The van der Waals surface area contributed by atoms with Crippen LogP contribution in [0.15, 0.2) is 96.4 Å². The Bertz CT molecular complexity index is 1700. The Morgan fingerprint density at radius 1 is 0.979 bits per heavy atom. The summed E-state index contributed by atoms with van der Waals surface area (Å²) < 4.78 is 33.9. The van der Waals surface area contributed by atoms with Crippen LogP contribution in [0.3, 0.4) is 0 Å². The van der Waals surface area contributed by atoms with Crippen molar-refractivity contribution in [2.75, 3.05) is 0 Å². The van der Waals surface area contributed by atoms with E-state index >= 15 is 0 Å². The van der Waals surface area contributed by atoms with Crippen LogP contribution < -0.4 is 10.6 Å². The van der Waals surface area contributed by atoms with Crippen LogP contribution in [-0.4, -0.2) is 42.2 Å². The molecule has 1 fully saturated rings. The highest BCUT2D eigenvalue weighted by molar-refractivity contribution is 7.74. The molecule has 12 heteroatoms. The monoisotopic (exact) mass is 676 g/mol. The van der Waals surface area contributed by atoms with Gasteiger partial charge in [0, 0.05) is 18.1 Å². The number of ether oxygens (including phenoxy) is 1. The molecule has 2 aliphatic heterocycles. The molecule has 3 aromatic carbocycles. The van der Waals surface area contributed by atoms with Gasteiger partial charge in [0.05, 0.1) is 33.6 Å². The van der Waals surface area contributed by atoms with E-state index in [0.29, 0.717) is 16.2 Å². The maximum Gasteiger partial charge on any atom is 0.358 e. The van der Waals surface area contributed by atoms with Crippen LogP contribution in [0.4, 0.5) is 5.69 Å². The van der Waals surface area contributed by atoms with Crippen molar-refractivity contribution in [1.82, 2.24) is 4.90 Å². The summed E-state index contributed by atoms with van der Waals surface area (Å²) in [5, 5.41) is 11.9. The molecule has 1 amide bonds. The minimum atomic E-state index is -3.82. The molecule has 5 rings (SSSR count). The lowest BCUT2D eigenvalue weighted by atomic mass is 9.79. The lowest BCUT2D eigenvalue weighted by Gasteiger charge is -2.49. The molecule has 0 N–H and O–H groups in total. The van der Waals surface area contributed by atoms with E-state index in [1.165, 1.54) is 29.2 Å². The van der Waals surface area contributed by atoms with Gasteiger partial charge in [-0.2, -0.15) is 0 Å². The van der Waals surface area contributed by atoms with Gasteiger partial charge in [-0.15, -0.1) is 0 Å². The first-order valence-corrected chi connectivity index (χ1v) is 20.2. The van der Waals surface area contributed by atoms with E-state index in [-0.39, 0.29) is 34.7 Å². The molecule has 0 saturated carbocycles. The number of carbonyl (C=O) groups is 2. The topological polar surface area (TPSA) is 125 Å². The maximum absolute atomic E-state index is 15.0. The largest absolute Gasteiger partial charge is 0.456 e. The number of esters is 1. The molecule has 0 aliphatic carbocycles. The van der Waals surface area contributed by atoms with Crippen molar-refractivity contribution in [2.24, 2.45) is 11.8 Å². The molecule has 0 aromatic heterocycles. The molecule has 2 heterocycles. The second-order valence-electron chi connectivity index (χ2n) is 13.6. The fraction of sp³-hybridized carbons (Fsp3) is 0.371. The smallest absolute Gasteiger partial charge is 0.358 e. The Hall–Kier alpha value is -4.05. The minimum Gasteiger partial charge on any atom is -0.456 e. The first-order valence-electron chi connectivity index (χ1n) is 15.6. The Kier molecular flexibility index (Phi) is 9.38. The number of hydrogen-bond acceptors (Lipinski definition) is 8. The van der Waals surface area contributed by atoms with Gasteiger partial charge < -0.3 is 13.7 Å². The number of fused-ring (bicyclic) bond motifs is 1. The first-order chi connectivity index (χ1) is 22.1. The van der Waals surface area contributed by atoms with Crippen molar-refractivity contribution in [3.05, 3.63) is 112 Å². The second-order valence-corrected chi connectivity index (χ2v) is 20.7. The predicted octanol–water partition coefficient (Wildman–Crippen LogP) is 6.68. The molecule has 3 aromatic rings. The Morgan fingerprint density at radius 2 is 1.51 bits per heavy atom. The first kappa shape index (κ1) is 34.3. The van der Waals surface area contributed by atoms with Gasteiger partial charge in [0.15, 0.2) is 14.0 Å². The quantitative estimate of drug-likeness (QED) is 0.0550. The van der Waals surface area contributed by atoms with Gasteiger partial charge in [-0.05, 0) is 67.0 Å². The van der Waals surface area contributed by atoms with Crippen molar-refractivity contribution >= 4 is 43.9 Å². The summed E-state index contributed by atoms with van der Waals surface area (Å²) in [4.78, 5) is 39.8. The SMILES string of the molecule is C[C@@H](O[Si](C)(C)C(C)(C)C)[C@H]1C(=O)N2C(C(=O)OCc3ccc([N+](=O)[O-])cc3)=C(OP(=O)(c3ccccc3)c3ccccc3)[C@H](C)[C@H]12. The van der Waals surface area contributed by atoms with Gasteiger partial charge >= 0.3 is 13.3 Å². The fourth-order valence-corrected chi connectivity index (χ4v) is 9.50. The molecular weight excluding hydrogens is 635 g/mol. The third kappa shape index (κ3) is 6.44. The van der Waals surface area contributed by atoms with Gasteiger partial charge in [-0.25, -0.2) is 4.79 Å². The summed E-state index contributed by atoms with van der Waals surface area (Å²) in [6, 6.07) is 22.8. The highest BCUT2D eigenvalue weighted by Crippen LogP contribution is 2.55. The number of nitrogens with zero attached hydrogens (tertiary/aromatic N) is 2. The van der Waals surface area contributed by atoms with E-state index in [9.17, 15) is 24.3 Å². The lowest BCUT2D eigenvalue weighted by Crippen LogP contribution is -2.65. The van der Waals surface area contributed by atoms with Gasteiger partial charge in [0.2, 0.25) is 5.91 Å². The van der Waals surface area contributed by atoms with Crippen LogP contribution in [0.25, 0.3) is 0 Å². The van der Waals surface area contributed by atoms with Crippen molar-refractivity contribution in [3.63, 3.8) is 0 Å². The molecule has 248 valence electrons. The number of β-lactam (4-membered cyclic amide) rings is 1. The van der Waals surface area contributed by atoms with Crippen LogP contribution in [-0.2, 0) is 34.4 Å². The summed E-state index contributed by atoms with van der Waals surface area (Å²) in [6.07, 6.45) is -0.432. The number of nitro benzene ring substituents is 1. The Morgan fingerprint density at radius 3 is 2.00 bits per heavy atom. The summed E-state index contributed by atoms with van der Waals surface area (Å²) in [5.74, 6) is -2.04. The van der Waals surface area contributed by atoms with Crippen LogP contribution in [0.5, 0.6) is 0 Å². The van der Waals surface area contributed by atoms with E-state index in [4.69, 9.17) is 13.7 Å². The Balaban J connectivity index is 1.52. The number of non-ortho nitro benzene ring substituents is 1. The fourth-order valence-electron chi connectivity index (χ4n) is 5.91. The highest BCUT2D eigenvalue weighted by Gasteiger charge is 2.62. The van der Waals surface area contributed by atoms with E-state index in [1.54, 1.807) is 48.5 Å². The third-order valence-corrected chi connectivity index (χ3v) is 16.5. The number of rotatable bonds is 11. The molecule has 47 heavy (non-hydrogen) atoms. The zero-order valence-electron chi connectivity index (χ0n) is 27.7. The van der Waals surface area contributed by atoms with Crippen LogP contribution in [0.2, 0.25) is 18.1 Å².